The number of hydrogen-bond acceptors (Lipinski definition) is 5. The summed E-state index contributed by atoms with van der Waals surface area (Å²) in [7, 11) is 0. The van der Waals surface area contributed by atoms with Crippen LogP contribution in [0.5, 0.6) is 0 Å². The molecule has 0 unspecified atom stereocenters. The summed E-state index contributed by atoms with van der Waals surface area (Å²) in [6, 6.07) is 11.5. The van der Waals surface area contributed by atoms with E-state index in [0.29, 0.717) is 22.2 Å². The van der Waals surface area contributed by atoms with Gasteiger partial charge in [0.25, 0.3) is 11.2 Å². The van der Waals surface area contributed by atoms with Gasteiger partial charge in [-0.25, -0.2) is 4.98 Å². The Hall–Kier alpha value is -3.68. The lowest BCUT2D eigenvalue weighted by Gasteiger charge is -2.06. The number of nitrogen functional groups attached to an aromatic ring is 1. The molecule has 4 aromatic rings. The molecule has 4 N–H and O–H groups in total. The van der Waals surface area contributed by atoms with Gasteiger partial charge in [0.05, 0.1) is 27.2 Å². The monoisotopic (exact) mass is 321 g/mol. The number of para-hydroxylation sites is 2. The average Bonchev–Trinajstić information content (AvgIpc) is 2.97. The van der Waals surface area contributed by atoms with E-state index >= 15 is 0 Å². The van der Waals surface area contributed by atoms with Crippen LogP contribution in [0.1, 0.15) is 0 Å². The second-order valence-corrected chi connectivity index (χ2v) is 5.33. The molecule has 0 spiro atoms. The van der Waals surface area contributed by atoms with Gasteiger partial charge in [0.2, 0.25) is 0 Å². The average molecular weight is 321 g/mol. The predicted octanol–water partition coefficient (Wildman–Crippen LogP) is 2.56. The van der Waals surface area contributed by atoms with Crippen LogP contribution in [0, 0.1) is 10.1 Å². The minimum absolute atomic E-state index is 0.100. The number of hydrogen-bond donors (Lipinski definition) is 3. The highest BCUT2D eigenvalue weighted by molar-refractivity contribution is 5.98. The normalized spacial score (nSPS) is 11.2. The lowest BCUT2D eigenvalue weighted by atomic mass is 10.1. The summed E-state index contributed by atoms with van der Waals surface area (Å²) < 4.78 is 0. The number of aromatic amines is 2. The Morgan fingerprint density at radius 1 is 1.08 bits per heavy atom. The Balaban J connectivity index is 2.03. The van der Waals surface area contributed by atoms with Crippen LogP contribution in [0.3, 0.4) is 0 Å². The minimum Gasteiger partial charge on any atom is -0.397 e. The van der Waals surface area contributed by atoms with Crippen LogP contribution in [0.4, 0.5) is 11.4 Å². The number of pyridine rings is 1. The summed E-state index contributed by atoms with van der Waals surface area (Å²) in [6.07, 6.45) is 0. The van der Waals surface area contributed by atoms with Crippen molar-refractivity contribution in [3.8, 4) is 11.4 Å². The number of aromatic nitrogens is 3. The summed E-state index contributed by atoms with van der Waals surface area (Å²) in [6.45, 7) is 0. The van der Waals surface area contributed by atoms with Gasteiger partial charge in [-0.05, 0) is 18.2 Å². The zero-order valence-electron chi connectivity index (χ0n) is 12.2. The first-order valence-corrected chi connectivity index (χ1v) is 7.09. The number of nitrogens with two attached hydrogens (primary N) is 1. The van der Waals surface area contributed by atoms with Crippen molar-refractivity contribution in [2.75, 3.05) is 5.73 Å². The zero-order valence-corrected chi connectivity index (χ0v) is 12.2. The Bertz CT molecular complexity index is 1140. The number of nitro benzene ring substituents is 1. The molecule has 0 saturated carbocycles. The fraction of sp³-hybridized carbons (Fsp3) is 0. The molecule has 0 aliphatic rings. The van der Waals surface area contributed by atoms with Crippen LogP contribution in [0.2, 0.25) is 0 Å². The third-order valence-electron chi connectivity index (χ3n) is 3.87. The molecule has 0 amide bonds. The largest absolute Gasteiger partial charge is 0.397 e. The summed E-state index contributed by atoms with van der Waals surface area (Å²) in [5, 5.41) is 11.4. The third-order valence-corrected chi connectivity index (χ3v) is 3.87. The lowest BCUT2D eigenvalue weighted by molar-refractivity contribution is -0.384. The number of anilines is 1. The van der Waals surface area contributed by atoms with Crippen molar-refractivity contribution in [2.45, 2.75) is 0 Å². The molecule has 0 atom stereocenters. The highest BCUT2D eigenvalue weighted by Gasteiger charge is 2.17. The molecule has 0 fully saturated rings. The molecule has 2 heterocycles. The second-order valence-electron chi connectivity index (χ2n) is 5.33. The van der Waals surface area contributed by atoms with Crippen LogP contribution in [0.15, 0.2) is 47.3 Å². The van der Waals surface area contributed by atoms with Crippen molar-refractivity contribution < 1.29 is 4.92 Å². The van der Waals surface area contributed by atoms with Gasteiger partial charge in [0.15, 0.2) is 0 Å². The SMILES string of the molecule is Nc1c(-c2nc3ccccc3[nH]2)c(=O)[nH]c2ccc([N+](=O)[O-])cc12. The summed E-state index contributed by atoms with van der Waals surface area (Å²) in [4.78, 5) is 33.0. The van der Waals surface area contributed by atoms with Crippen LogP contribution < -0.4 is 11.3 Å². The number of fused-ring (bicyclic) bond motifs is 2. The van der Waals surface area contributed by atoms with Crippen molar-refractivity contribution >= 4 is 33.3 Å². The molecular weight excluding hydrogens is 310 g/mol. The van der Waals surface area contributed by atoms with Crippen molar-refractivity contribution in [3.63, 3.8) is 0 Å². The first kappa shape index (κ1) is 13.9. The topological polar surface area (TPSA) is 131 Å². The first-order chi connectivity index (χ1) is 11.5. The predicted molar refractivity (Wildman–Crippen MR) is 90.7 cm³/mol. The van der Waals surface area contributed by atoms with Crippen molar-refractivity contribution in [1.82, 2.24) is 15.0 Å². The molecule has 0 aliphatic carbocycles. The second kappa shape index (κ2) is 4.92. The highest BCUT2D eigenvalue weighted by atomic mass is 16.6. The summed E-state index contributed by atoms with van der Waals surface area (Å²) >= 11 is 0. The van der Waals surface area contributed by atoms with Gasteiger partial charge in [-0.3, -0.25) is 14.9 Å². The van der Waals surface area contributed by atoms with Gasteiger partial charge in [-0.1, -0.05) is 12.1 Å². The van der Waals surface area contributed by atoms with Crippen LogP contribution in [-0.4, -0.2) is 19.9 Å². The molecule has 2 aromatic heterocycles. The number of non-ortho nitro benzene ring substituents is 1. The van der Waals surface area contributed by atoms with Crippen LogP contribution >= 0.6 is 0 Å². The lowest BCUT2D eigenvalue weighted by Crippen LogP contribution is -2.13. The number of nitrogens with zero attached hydrogens (tertiary/aromatic N) is 2. The van der Waals surface area contributed by atoms with Gasteiger partial charge in [-0.15, -0.1) is 0 Å². The zero-order chi connectivity index (χ0) is 16.8. The van der Waals surface area contributed by atoms with E-state index < -0.39 is 10.5 Å². The maximum absolute atomic E-state index is 12.4. The minimum atomic E-state index is -0.509. The van der Waals surface area contributed by atoms with E-state index in [9.17, 15) is 14.9 Å². The Kier molecular flexibility index (Phi) is 2.86. The fourth-order valence-corrected chi connectivity index (χ4v) is 2.73. The molecule has 118 valence electrons. The number of imidazole rings is 1. The maximum Gasteiger partial charge on any atom is 0.270 e. The molecule has 4 rings (SSSR count). The Morgan fingerprint density at radius 2 is 1.88 bits per heavy atom. The molecule has 0 bridgehead atoms. The van der Waals surface area contributed by atoms with Gasteiger partial charge in [-0.2, -0.15) is 0 Å². The van der Waals surface area contributed by atoms with Gasteiger partial charge in [0.1, 0.15) is 11.4 Å². The summed E-state index contributed by atoms with van der Waals surface area (Å²) in [5.74, 6) is 0.323. The molecule has 8 nitrogen and oxygen atoms in total. The van der Waals surface area contributed by atoms with Crippen molar-refractivity contribution in [3.05, 3.63) is 62.9 Å². The molecule has 2 aromatic carbocycles. The van der Waals surface area contributed by atoms with E-state index in [1.54, 1.807) is 0 Å². The molecule has 0 aliphatic heterocycles. The van der Waals surface area contributed by atoms with Crippen LogP contribution in [-0.2, 0) is 0 Å². The molecule has 0 radical (unpaired) electrons. The van der Waals surface area contributed by atoms with Crippen LogP contribution in [0.25, 0.3) is 33.3 Å². The molecule has 8 heteroatoms. The van der Waals surface area contributed by atoms with Gasteiger partial charge < -0.3 is 15.7 Å². The van der Waals surface area contributed by atoms with E-state index in [-0.39, 0.29) is 16.9 Å². The molecular formula is C16H11N5O3. The fourth-order valence-electron chi connectivity index (χ4n) is 2.73. The number of rotatable bonds is 2. The highest BCUT2D eigenvalue weighted by Crippen LogP contribution is 2.30. The van der Waals surface area contributed by atoms with Crippen molar-refractivity contribution in [1.29, 1.82) is 0 Å². The number of H-pyrrole nitrogens is 2. The smallest absolute Gasteiger partial charge is 0.270 e. The Morgan fingerprint density at radius 3 is 2.62 bits per heavy atom. The van der Waals surface area contributed by atoms with E-state index in [1.807, 2.05) is 24.3 Å². The molecule has 24 heavy (non-hydrogen) atoms. The van der Waals surface area contributed by atoms with E-state index in [4.69, 9.17) is 5.73 Å². The maximum atomic E-state index is 12.4. The Labute approximate surface area is 134 Å². The van der Waals surface area contributed by atoms with E-state index in [1.165, 1.54) is 18.2 Å². The van der Waals surface area contributed by atoms with Crippen molar-refractivity contribution in [2.24, 2.45) is 0 Å². The van der Waals surface area contributed by atoms with E-state index in [2.05, 4.69) is 15.0 Å². The standard InChI is InChI=1S/C16H11N5O3/c17-14-9-7-8(21(23)24)5-6-10(9)20-16(22)13(14)15-18-11-3-1-2-4-12(11)19-15/h1-7H,(H,18,19)(H3,17,20,22). The number of nitro groups is 1. The van der Waals surface area contributed by atoms with Gasteiger partial charge in [0, 0.05) is 17.5 Å². The first-order valence-electron chi connectivity index (χ1n) is 7.09. The van der Waals surface area contributed by atoms with Gasteiger partial charge >= 0.3 is 0 Å². The number of nitrogens with one attached hydrogen (secondary N) is 2. The summed E-state index contributed by atoms with van der Waals surface area (Å²) in [5.41, 5.74) is 7.85. The van der Waals surface area contributed by atoms with E-state index in [0.717, 1.165) is 5.52 Å². The quantitative estimate of drug-likeness (QED) is 0.386. The third kappa shape index (κ3) is 2.01. The molecule has 0 saturated heterocycles. The number of benzene rings is 2.